The van der Waals surface area contributed by atoms with Crippen molar-refractivity contribution in [1.82, 2.24) is 9.80 Å². The van der Waals surface area contributed by atoms with Crippen molar-refractivity contribution in [2.24, 2.45) is 0 Å². The highest BCUT2D eigenvalue weighted by molar-refractivity contribution is 6.24. The Balaban J connectivity index is 1.76. The number of imide groups is 1. The third kappa shape index (κ3) is 5.59. The fraction of sp³-hybridized carbons (Fsp3) is 0.385. The Hall–Kier alpha value is -4.06. The second kappa shape index (κ2) is 11.5. The molecule has 202 valence electrons. The Morgan fingerprint density at radius 3 is 2.47 bits per heavy atom. The van der Waals surface area contributed by atoms with Crippen molar-refractivity contribution in [2.45, 2.75) is 32.9 Å². The summed E-state index contributed by atoms with van der Waals surface area (Å²) in [5.41, 5.74) is 0.573. The second-order valence-electron chi connectivity index (χ2n) is 8.62. The van der Waals surface area contributed by atoms with E-state index in [0.29, 0.717) is 31.9 Å². The van der Waals surface area contributed by atoms with Crippen molar-refractivity contribution in [3.8, 4) is 11.5 Å². The minimum atomic E-state index is -3.10. The molecular weight excluding hydrogens is 504 g/mol. The number of hydrogen-bond acceptors (Lipinski definition) is 7. The molecule has 0 unspecified atom stereocenters. The van der Waals surface area contributed by atoms with Crippen LogP contribution in [-0.4, -0.2) is 73.0 Å². The smallest absolute Gasteiger partial charge is 0.387 e. The molecule has 1 atom stereocenters. The summed E-state index contributed by atoms with van der Waals surface area (Å²) in [5.74, 6) is -2.33. The lowest BCUT2D eigenvalue weighted by atomic mass is 10.00. The number of amides is 4. The van der Waals surface area contributed by atoms with Crippen molar-refractivity contribution in [3.05, 3.63) is 53.1 Å². The lowest BCUT2D eigenvalue weighted by Crippen LogP contribution is -2.43. The van der Waals surface area contributed by atoms with Gasteiger partial charge in [-0.3, -0.25) is 24.1 Å². The van der Waals surface area contributed by atoms with Crippen LogP contribution in [0.25, 0.3) is 0 Å². The first-order valence-electron chi connectivity index (χ1n) is 12.1. The molecule has 0 bridgehead atoms. The van der Waals surface area contributed by atoms with E-state index in [0.717, 1.165) is 4.90 Å². The first-order chi connectivity index (χ1) is 18.2. The van der Waals surface area contributed by atoms with Gasteiger partial charge in [-0.05, 0) is 36.8 Å². The molecule has 10 nitrogen and oxygen atoms in total. The molecule has 1 saturated heterocycles. The monoisotopic (exact) mass is 531 g/mol. The number of ether oxygens (including phenoxy) is 3. The average molecular weight is 532 g/mol. The van der Waals surface area contributed by atoms with Gasteiger partial charge in [0.2, 0.25) is 11.8 Å². The van der Waals surface area contributed by atoms with Crippen LogP contribution in [0.5, 0.6) is 11.5 Å². The SMILES string of the molecule is CCOc1cc([C@@H](CC(=O)N2CCOCC2)N2C(=O)c3cccc(NC(C)=O)c3C2=O)ccc1OC(F)F. The molecule has 2 aromatic carbocycles. The third-order valence-electron chi connectivity index (χ3n) is 6.17. The molecule has 4 rings (SSSR count). The van der Waals surface area contributed by atoms with Crippen molar-refractivity contribution in [1.29, 1.82) is 0 Å². The van der Waals surface area contributed by atoms with Gasteiger partial charge in [0, 0.05) is 20.0 Å². The lowest BCUT2D eigenvalue weighted by Gasteiger charge is -2.31. The molecule has 0 radical (unpaired) electrons. The molecule has 0 spiro atoms. The predicted molar refractivity (Wildman–Crippen MR) is 130 cm³/mol. The molecule has 38 heavy (non-hydrogen) atoms. The van der Waals surface area contributed by atoms with Crippen LogP contribution in [0.3, 0.4) is 0 Å². The van der Waals surface area contributed by atoms with Gasteiger partial charge < -0.3 is 24.4 Å². The Morgan fingerprint density at radius 2 is 1.82 bits per heavy atom. The van der Waals surface area contributed by atoms with Crippen molar-refractivity contribution in [3.63, 3.8) is 0 Å². The maximum atomic E-state index is 13.7. The Morgan fingerprint density at radius 1 is 1.08 bits per heavy atom. The van der Waals surface area contributed by atoms with E-state index in [1.807, 2.05) is 0 Å². The quantitative estimate of drug-likeness (QED) is 0.494. The fourth-order valence-electron chi connectivity index (χ4n) is 4.54. The van der Waals surface area contributed by atoms with E-state index in [1.54, 1.807) is 11.8 Å². The van der Waals surface area contributed by atoms with Crippen LogP contribution >= 0.6 is 0 Å². The number of nitrogens with one attached hydrogen (secondary N) is 1. The largest absolute Gasteiger partial charge is 0.490 e. The molecule has 1 fully saturated rings. The Labute approximate surface area is 217 Å². The van der Waals surface area contributed by atoms with E-state index in [2.05, 4.69) is 10.1 Å². The maximum Gasteiger partial charge on any atom is 0.387 e. The first-order valence-corrected chi connectivity index (χ1v) is 12.1. The maximum absolute atomic E-state index is 13.7. The molecule has 1 N–H and O–H groups in total. The number of morpholine rings is 1. The number of carbonyl (C=O) groups is 4. The van der Waals surface area contributed by atoms with Gasteiger partial charge in [0.05, 0.1) is 49.1 Å². The third-order valence-corrected chi connectivity index (χ3v) is 6.17. The van der Waals surface area contributed by atoms with Crippen LogP contribution in [0.15, 0.2) is 36.4 Å². The predicted octanol–water partition coefficient (Wildman–Crippen LogP) is 3.23. The summed E-state index contributed by atoms with van der Waals surface area (Å²) in [5, 5.41) is 2.56. The van der Waals surface area contributed by atoms with Crippen molar-refractivity contribution >= 4 is 29.3 Å². The number of benzene rings is 2. The van der Waals surface area contributed by atoms with E-state index >= 15 is 0 Å². The van der Waals surface area contributed by atoms with E-state index in [1.165, 1.54) is 43.3 Å². The first kappa shape index (κ1) is 27.0. The molecule has 2 heterocycles. The summed E-state index contributed by atoms with van der Waals surface area (Å²) in [6.07, 6.45) is -0.262. The number of anilines is 1. The standard InChI is InChI=1S/C26H27F2N3O7/c1-3-37-21-13-16(7-8-20(21)38-26(27)28)19(14-22(33)30-9-11-36-12-10-30)31-24(34)17-5-4-6-18(29-15(2)32)23(17)25(31)35/h4-8,13,19,26H,3,9-12,14H2,1-2H3,(H,29,32)/t19-/m1/s1. The summed E-state index contributed by atoms with van der Waals surface area (Å²) >= 11 is 0. The Bertz CT molecular complexity index is 1250. The molecule has 0 saturated carbocycles. The van der Waals surface area contributed by atoms with E-state index in [-0.39, 0.29) is 47.2 Å². The van der Waals surface area contributed by atoms with Crippen LogP contribution in [-0.2, 0) is 14.3 Å². The van der Waals surface area contributed by atoms with E-state index in [4.69, 9.17) is 9.47 Å². The molecule has 0 aromatic heterocycles. The van der Waals surface area contributed by atoms with Gasteiger partial charge in [-0.2, -0.15) is 8.78 Å². The normalized spacial score (nSPS) is 15.9. The number of rotatable bonds is 9. The lowest BCUT2D eigenvalue weighted by molar-refractivity contribution is -0.136. The Kier molecular flexibility index (Phi) is 8.20. The van der Waals surface area contributed by atoms with Gasteiger partial charge in [0.25, 0.3) is 11.8 Å². The van der Waals surface area contributed by atoms with Crippen LogP contribution in [0.2, 0.25) is 0 Å². The molecule has 2 aromatic rings. The number of hydrogen-bond donors (Lipinski definition) is 1. The number of alkyl halides is 2. The van der Waals surface area contributed by atoms with Gasteiger partial charge in [-0.1, -0.05) is 12.1 Å². The highest BCUT2D eigenvalue weighted by Crippen LogP contribution is 2.40. The summed E-state index contributed by atoms with van der Waals surface area (Å²) in [4.78, 5) is 54.7. The minimum Gasteiger partial charge on any atom is -0.490 e. The van der Waals surface area contributed by atoms with E-state index in [9.17, 15) is 28.0 Å². The molecule has 12 heteroatoms. The summed E-state index contributed by atoms with van der Waals surface area (Å²) in [6.45, 7) is 1.40. The molecule has 2 aliphatic rings. The van der Waals surface area contributed by atoms with E-state index < -0.39 is 30.4 Å². The zero-order valence-electron chi connectivity index (χ0n) is 20.9. The number of nitrogens with zero attached hydrogens (tertiary/aromatic N) is 2. The summed E-state index contributed by atoms with van der Waals surface area (Å²) < 4.78 is 41.2. The summed E-state index contributed by atoms with van der Waals surface area (Å²) in [6, 6.07) is 7.46. The van der Waals surface area contributed by atoms with Crippen LogP contribution in [0.1, 0.15) is 52.6 Å². The molecule has 4 amide bonds. The number of carbonyl (C=O) groups excluding carboxylic acids is 4. The van der Waals surface area contributed by atoms with Crippen LogP contribution in [0, 0.1) is 0 Å². The van der Waals surface area contributed by atoms with Gasteiger partial charge in [-0.15, -0.1) is 0 Å². The van der Waals surface area contributed by atoms with Gasteiger partial charge in [0.1, 0.15) is 0 Å². The van der Waals surface area contributed by atoms with Crippen LogP contribution in [0.4, 0.5) is 14.5 Å². The van der Waals surface area contributed by atoms with Crippen molar-refractivity contribution in [2.75, 3.05) is 38.2 Å². The summed E-state index contributed by atoms with van der Waals surface area (Å²) in [7, 11) is 0. The molecule has 0 aliphatic carbocycles. The zero-order chi connectivity index (χ0) is 27.4. The second-order valence-corrected chi connectivity index (χ2v) is 8.62. The van der Waals surface area contributed by atoms with Gasteiger partial charge >= 0.3 is 6.61 Å². The number of halogens is 2. The highest BCUT2D eigenvalue weighted by Gasteiger charge is 2.43. The molecular formula is C26H27F2N3O7. The van der Waals surface area contributed by atoms with Crippen molar-refractivity contribution < 1.29 is 42.2 Å². The van der Waals surface area contributed by atoms with Gasteiger partial charge in [0.15, 0.2) is 11.5 Å². The average Bonchev–Trinajstić information content (AvgIpc) is 3.14. The number of fused-ring (bicyclic) bond motifs is 1. The zero-order valence-corrected chi connectivity index (χ0v) is 20.9. The fourth-order valence-corrected chi connectivity index (χ4v) is 4.54. The van der Waals surface area contributed by atoms with Gasteiger partial charge in [-0.25, -0.2) is 0 Å². The van der Waals surface area contributed by atoms with Crippen LogP contribution < -0.4 is 14.8 Å². The minimum absolute atomic E-state index is 0.0132. The topological polar surface area (TPSA) is 114 Å². The highest BCUT2D eigenvalue weighted by atomic mass is 19.3. The molecule has 2 aliphatic heterocycles.